The summed E-state index contributed by atoms with van der Waals surface area (Å²) in [5.41, 5.74) is 0. The van der Waals surface area contributed by atoms with Crippen LogP contribution in [0.2, 0.25) is 0 Å². The standard InChI is InChI=1S/C26H40NO2/c1-4-5-6-7-8-9-10-11-12-15-21-27(2,3)22-26(28)29-25-20-16-18-23-17-13-14-19-24(23)25/h13-14,16-20H,4-12,15,21-22H2,1-3H3/q+1. The van der Waals surface area contributed by atoms with E-state index in [1.54, 1.807) is 0 Å². The number of unbranched alkanes of at least 4 members (excludes halogenated alkanes) is 9. The minimum absolute atomic E-state index is 0.154. The van der Waals surface area contributed by atoms with Gasteiger partial charge in [-0.3, -0.25) is 0 Å². The van der Waals surface area contributed by atoms with E-state index in [1.165, 1.54) is 64.2 Å². The molecule has 0 heterocycles. The summed E-state index contributed by atoms with van der Waals surface area (Å²) < 4.78 is 6.39. The van der Waals surface area contributed by atoms with Crippen LogP contribution in [-0.4, -0.2) is 37.6 Å². The zero-order chi connectivity index (χ0) is 21.0. The zero-order valence-corrected chi connectivity index (χ0v) is 18.8. The molecule has 29 heavy (non-hydrogen) atoms. The smallest absolute Gasteiger partial charge is 0.367 e. The Kier molecular flexibility index (Phi) is 10.2. The van der Waals surface area contributed by atoms with Crippen LogP contribution in [0.4, 0.5) is 0 Å². The molecule has 0 saturated heterocycles. The molecule has 0 aliphatic carbocycles. The SMILES string of the molecule is CCCCCCCCCCCC[N+](C)(C)CC(=O)Oc1cccc2ccccc12. The second kappa shape index (κ2) is 12.6. The largest absolute Gasteiger partial charge is 0.422 e. The van der Waals surface area contributed by atoms with Crippen molar-refractivity contribution in [3.05, 3.63) is 42.5 Å². The highest BCUT2D eigenvalue weighted by atomic mass is 16.5. The molecule has 3 heteroatoms. The Balaban J connectivity index is 1.65. The van der Waals surface area contributed by atoms with Crippen LogP contribution < -0.4 is 4.74 Å². The van der Waals surface area contributed by atoms with Crippen LogP contribution >= 0.6 is 0 Å². The third kappa shape index (κ3) is 8.99. The molecule has 0 bridgehead atoms. The number of ether oxygens (including phenoxy) is 1. The van der Waals surface area contributed by atoms with Gasteiger partial charge in [-0.15, -0.1) is 0 Å². The lowest BCUT2D eigenvalue weighted by molar-refractivity contribution is -0.883. The molecule has 0 fully saturated rings. The molecule has 0 saturated carbocycles. The van der Waals surface area contributed by atoms with E-state index in [2.05, 4.69) is 21.0 Å². The van der Waals surface area contributed by atoms with Gasteiger partial charge < -0.3 is 9.22 Å². The lowest BCUT2D eigenvalue weighted by Crippen LogP contribution is -2.45. The van der Waals surface area contributed by atoms with Gasteiger partial charge in [0.25, 0.3) is 0 Å². The molecular formula is C26H40NO2+. The van der Waals surface area contributed by atoms with Gasteiger partial charge in [0.15, 0.2) is 6.54 Å². The first kappa shape index (κ1) is 23.4. The van der Waals surface area contributed by atoms with Crippen molar-refractivity contribution in [2.24, 2.45) is 0 Å². The average molecular weight is 399 g/mol. The van der Waals surface area contributed by atoms with Gasteiger partial charge >= 0.3 is 5.97 Å². The highest BCUT2D eigenvalue weighted by Crippen LogP contribution is 2.25. The van der Waals surface area contributed by atoms with Crippen LogP contribution in [0, 0.1) is 0 Å². The number of carbonyl (C=O) groups excluding carboxylic acids is 1. The predicted octanol–water partition coefficient (Wildman–Crippen LogP) is 6.74. The van der Waals surface area contributed by atoms with Gasteiger partial charge in [0.1, 0.15) is 5.75 Å². The lowest BCUT2D eigenvalue weighted by atomic mass is 10.1. The van der Waals surface area contributed by atoms with Crippen molar-refractivity contribution in [1.29, 1.82) is 0 Å². The predicted molar refractivity (Wildman–Crippen MR) is 123 cm³/mol. The first-order valence-corrected chi connectivity index (χ1v) is 11.5. The molecule has 160 valence electrons. The van der Waals surface area contributed by atoms with Crippen LogP contribution in [0.3, 0.4) is 0 Å². The van der Waals surface area contributed by atoms with Gasteiger partial charge in [-0.1, -0.05) is 94.7 Å². The molecule has 0 aromatic heterocycles. The number of quaternary nitrogens is 1. The van der Waals surface area contributed by atoms with Crippen LogP contribution in [0.5, 0.6) is 5.75 Å². The van der Waals surface area contributed by atoms with E-state index in [4.69, 9.17) is 4.74 Å². The summed E-state index contributed by atoms with van der Waals surface area (Å²) in [4.78, 5) is 12.5. The van der Waals surface area contributed by atoms with Gasteiger partial charge in [-0.25, -0.2) is 4.79 Å². The van der Waals surface area contributed by atoms with Crippen molar-refractivity contribution in [3.8, 4) is 5.75 Å². The molecule has 0 radical (unpaired) electrons. The number of nitrogens with zero attached hydrogens (tertiary/aromatic N) is 1. The minimum atomic E-state index is -0.154. The summed E-state index contributed by atoms with van der Waals surface area (Å²) in [5, 5.41) is 2.08. The summed E-state index contributed by atoms with van der Waals surface area (Å²) in [7, 11) is 4.25. The number of fused-ring (bicyclic) bond motifs is 1. The minimum Gasteiger partial charge on any atom is -0.422 e. The summed E-state index contributed by atoms with van der Waals surface area (Å²) in [6.45, 7) is 3.69. The molecule has 2 aromatic carbocycles. The van der Waals surface area contributed by atoms with E-state index in [1.807, 2.05) is 42.5 Å². The van der Waals surface area contributed by atoms with Gasteiger partial charge in [-0.2, -0.15) is 0 Å². The molecule has 0 N–H and O–H groups in total. The highest BCUT2D eigenvalue weighted by molar-refractivity contribution is 5.90. The Morgan fingerprint density at radius 3 is 2.07 bits per heavy atom. The molecule has 0 aliphatic rings. The fourth-order valence-electron chi connectivity index (χ4n) is 3.90. The van der Waals surface area contributed by atoms with E-state index >= 15 is 0 Å². The van der Waals surface area contributed by atoms with Gasteiger partial charge in [0.05, 0.1) is 20.6 Å². The third-order valence-corrected chi connectivity index (χ3v) is 5.65. The molecule has 2 rings (SSSR count). The number of hydrogen-bond acceptors (Lipinski definition) is 2. The van der Waals surface area contributed by atoms with Crippen LogP contribution in [0.25, 0.3) is 10.8 Å². The summed E-state index contributed by atoms with van der Waals surface area (Å²) in [6.07, 6.45) is 13.4. The van der Waals surface area contributed by atoms with Gasteiger partial charge in [-0.05, 0) is 24.3 Å². The quantitative estimate of drug-likeness (QED) is 0.152. The molecule has 0 spiro atoms. The fraction of sp³-hybridized carbons (Fsp3) is 0.577. The summed E-state index contributed by atoms with van der Waals surface area (Å²) >= 11 is 0. The van der Waals surface area contributed by atoms with Crippen LogP contribution in [0.1, 0.15) is 71.1 Å². The van der Waals surface area contributed by atoms with Crippen molar-refractivity contribution < 1.29 is 14.0 Å². The number of benzene rings is 2. The first-order chi connectivity index (χ1) is 14.0. The number of rotatable bonds is 14. The molecule has 0 aliphatic heterocycles. The zero-order valence-electron chi connectivity index (χ0n) is 18.8. The van der Waals surface area contributed by atoms with E-state index in [-0.39, 0.29) is 5.97 Å². The molecule has 2 aromatic rings. The molecule has 0 amide bonds. The van der Waals surface area contributed by atoms with E-state index in [0.717, 1.165) is 17.3 Å². The van der Waals surface area contributed by atoms with Crippen LogP contribution in [0.15, 0.2) is 42.5 Å². The second-order valence-corrected chi connectivity index (χ2v) is 8.95. The fourth-order valence-corrected chi connectivity index (χ4v) is 3.90. The summed E-state index contributed by atoms with van der Waals surface area (Å²) in [6, 6.07) is 13.9. The average Bonchev–Trinajstić information content (AvgIpc) is 2.69. The lowest BCUT2D eigenvalue weighted by Gasteiger charge is -2.28. The van der Waals surface area contributed by atoms with Crippen molar-refractivity contribution in [1.82, 2.24) is 0 Å². The number of esters is 1. The van der Waals surface area contributed by atoms with Crippen molar-refractivity contribution in [3.63, 3.8) is 0 Å². The normalized spacial score (nSPS) is 11.7. The maximum absolute atomic E-state index is 12.5. The molecule has 3 nitrogen and oxygen atoms in total. The molecular weight excluding hydrogens is 358 g/mol. The van der Waals surface area contributed by atoms with Crippen molar-refractivity contribution in [2.45, 2.75) is 71.1 Å². The van der Waals surface area contributed by atoms with E-state index in [9.17, 15) is 4.79 Å². The van der Waals surface area contributed by atoms with Gasteiger partial charge in [0.2, 0.25) is 0 Å². The Bertz CT molecular complexity index is 733. The topological polar surface area (TPSA) is 26.3 Å². The van der Waals surface area contributed by atoms with Crippen LogP contribution in [-0.2, 0) is 4.79 Å². The Labute approximate surface area is 177 Å². The maximum atomic E-state index is 12.5. The maximum Gasteiger partial charge on any atom is 0.367 e. The molecule has 0 unspecified atom stereocenters. The van der Waals surface area contributed by atoms with Crippen molar-refractivity contribution in [2.75, 3.05) is 27.2 Å². The van der Waals surface area contributed by atoms with Crippen molar-refractivity contribution >= 4 is 16.7 Å². The first-order valence-electron chi connectivity index (χ1n) is 11.5. The number of likely N-dealkylation sites (N-methyl/N-ethyl adjacent to an activating group) is 1. The second-order valence-electron chi connectivity index (χ2n) is 8.95. The van der Waals surface area contributed by atoms with Gasteiger partial charge in [0, 0.05) is 5.39 Å². The summed E-state index contributed by atoms with van der Waals surface area (Å²) in [5.74, 6) is 0.505. The molecule has 0 atom stereocenters. The monoisotopic (exact) mass is 398 g/mol. The highest BCUT2D eigenvalue weighted by Gasteiger charge is 2.21. The Hall–Kier alpha value is -1.87. The van der Waals surface area contributed by atoms with E-state index in [0.29, 0.717) is 16.8 Å². The Morgan fingerprint density at radius 1 is 0.793 bits per heavy atom. The third-order valence-electron chi connectivity index (χ3n) is 5.65. The Morgan fingerprint density at radius 2 is 1.38 bits per heavy atom. The number of hydrogen-bond donors (Lipinski definition) is 0. The van der Waals surface area contributed by atoms with E-state index < -0.39 is 0 Å². The number of carbonyl (C=O) groups is 1.